The second-order valence-corrected chi connectivity index (χ2v) is 9.85. The number of nitrogens with zero attached hydrogens (tertiary/aromatic N) is 5. The van der Waals surface area contributed by atoms with E-state index in [2.05, 4.69) is 25.2 Å². The number of aromatic carboxylic acids is 1. The molecule has 1 fully saturated rings. The third-order valence-corrected chi connectivity index (χ3v) is 7.19. The van der Waals surface area contributed by atoms with E-state index >= 15 is 0 Å². The van der Waals surface area contributed by atoms with Crippen LogP contribution in [-0.2, 0) is 6.54 Å². The van der Waals surface area contributed by atoms with Gasteiger partial charge in [-0.15, -0.1) is 0 Å². The summed E-state index contributed by atoms with van der Waals surface area (Å²) in [6.07, 6.45) is 8.50. The van der Waals surface area contributed by atoms with Crippen molar-refractivity contribution in [3.8, 4) is 11.3 Å². The highest BCUT2D eigenvalue weighted by Gasteiger charge is 2.23. The van der Waals surface area contributed by atoms with Crippen LogP contribution in [0.15, 0.2) is 48.9 Å². The molecule has 5 rings (SSSR count). The lowest BCUT2D eigenvalue weighted by molar-refractivity contribution is 0.0697. The molecule has 0 saturated heterocycles. The average Bonchev–Trinajstić information content (AvgIpc) is 3.61. The van der Waals surface area contributed by atoms with Gasteiger partial charge in [-0.25, -0.2) is 9.78 Å². The number of carbonyl (C=O) groups is 1. The van der Waals surface area contributed by atoms with Crippen molar-refractivity contribution in [2.75, 3.05) is 10.6 Å². The fourth-order valence-corrected chi connectivity index (χ4v) is 4.95. The molecule has 3 aromatic heterocycles. The van der Waals surface area contributed by atoms with Crippen molar-refractivity contribution in [2.45, 2.75) is 70.7 Å². The van der Waals surface area contributed by atoms with Gasteiger partial charge < -0.3 is 25.4 Å². The van der Waals surface area contributed by atoms with Crippen LogP contribution in [0, 0.1) is 0 Å². The number of anilines is 2. The highest BCUT2D eigenvalue weighted by molar-refractivity contribution is 5.88. The predicted octanol–water partition coefficient (Wildman–Crippen LogP) is 4.89. The SMILES string of the molecule is CCC(Nc1nc(NCc2ccc(-c3ccc(C(=O)O)cc3)nc2)c2ncn(C3CCCC3)c2n1)C(C)O. The molecule has 0 spiro atoms. The zero-order valence-corrected chi connectivity index (χ0v) is 21.6. The molecule has 0 radical (unpaired) electrons. The smallest absolute Gasteiger partial charge is 0.335 e. The lowest BCUT2D eigenvalue weighted by Gasteiger charge is -2.20. The maximum absolute atomic E-state index is 11.1. The molecule has 198 valence electrons. The first-order valence-electron chi connectivity index (χ1n) is 13.1. The number of benzene rings is 1. The van der Waals surface area contributed by atoms with E-state index in [9.17, 15) is 9.90 Å². The molecule has 3 heterocycles. The number of hydrogen-bond donors (Lipinski definition) is 4. The molecule has 0 bridgehead atoms. The molecule has 10 nitrogen and oxygen atoms in total. The van der Waals surface area contributed by atoms with Gasteiger partial charge in [0.2, 0.25) is 5.95 Å². The van der Waals surface area contributed by atoms with Gasteiger partial charge in [-0.2, -0.15) is 9.97 Å². The van der Waals surface area contributed by atoms with Gasteiger partial charge in [-0.3, -0.25) is 4.98 Å². The van der Waals surface area contributed by atoms with Crippen LogP contribution in [0.2, 0.25) is 0 Å². The Bertz CT molecular complexity index is 1390. The van der Waals surface area contributed by atoms with E-state index in [0.717, 1.165) is 47.2 Å². The third-order valence-electron chi connectivity index (χ3n) is 7.19. The zero-order chi connectivity index (χ0) is 26.6. The average molecular weight is 516 g/mol. The summed E-state index contributed by atoms with van der Waals surface area (Å²) in [5.74, 6) is 0.140. The van der Waals surface area contributed by atoms with Gasteiger partial charge in [0.1, 0.15) is 0 Å². The van der Waals surface area contributed by atoms with Crippen molar-refractivity contribution in [1.82, 2.24) is 24.5 Å². The molecule has 0 aliphatic heterocycles. The van der Waals surface area contributed by atoms with E-state index in [1.807, 2.05) is 25.4 Å². The molecule has 1 aromatic carbocycles. The first kappa shape index (κ1) is 25.6. The molecule has 4 aromatic rings. The Balaban J connectivity index is 1.38. The molecule has 1 aliphatic rings. The molecule has 1 saturated carbocycles. The van der Waals surface area contributed by atoms with Crippen molar-refractivity contribution >= 4 is 28.9 Å². The van der Waals surface area contributed by atoms with E-state index in [1.165, 1.54) is 12.8 Å². The number of pyridine rings is 1. The normalized spacial score (nSPS) is 15.4. The molecule has 4 N–H and O–H groups in total. The monoisotopic (exact) mass is 515 g/mol. The minimum Gasteiger partial charge on any atom is -0.478 e. The number of aliphatic hydroxyl groups excluding tert-OH is 1. The van der Waals surface area contributed by atoms with Gasteiger partial charge in [0.25, 0.3) is 0 Å². The topological polar surface area (TPSA) is 138 Å². The number of rotatable bonds is 10. The fraction of sp³-hybridized carbons (Fsp3) is 0.393. The van der Waals surface area contributed by atoms with Crippen LogP contribution in [0.25, 0.3) is 22.4 Å². The lowest BCUT2D eigenvalue weighted by Crippen LogP contribution is -2.31. The van der Waals surface area contributed by atoms with Crippen molar-refractivity contribution in [2.24, 2.45) is 0 Å². The maximum atomic E-state index is 11.1. The second-order valence-electron chi connectivity index (χ2n) is 9.85. The van der Waals surface area contributed by atoms with Gasteiger partial charge in [-0.1, -0.05) is 38.0 Å². The summed E-state index contributed by atoms with van der Waals surface area (Å²) in [6.45, 7) is 4.27. The summed E-state index contributed by atoms with van der Waals surface area (Å²) < 4.78 is 2.16. The van der Waals surface area contributed by atoms with Crippen LogP contribution in [0.3, 0.4) is 0 Å². The Morgan fingerprint density at radius 2 is 1.87 bits per heavy atom. The van der Waals surface area contributed by atoms with Crippen LogP contribution in [-0.4, -0.2) is 52.8 Å². The Morgan fingerprint density at radius 1 is 1.11 bits per heavy atom. The van der Waals surface area contributed by atoms with E-state index < -0.39 is 12.1 Å². The molecule has 0 amide bonds. The van der Waals surface area contributed by atoms with Gasteiger partial charge in [-0.05, 0) is 49.9 Å². The Hall–Kier alpha value is -4.05. The number of aliphatic hydroxyl groups is 1. The van der Waals surface area contributed by atoms with Crippen molar-refractivity contribution in [3.05, 3.63) is 60.0 Å². The summed E-state index contributed by atoms with van der Waals surface area (Å²) in [7, 11) is 0. The largest absolute Gasteiger partial charge is 0.478 e. The number of imidazole rings is 1. The minimum absolute atomic E-state index is 0.163. The summed E-state index contributed by atoms with van der Waals surface area (Å²) in [5, 5.41) is 26.0. The molecule has 10 heteroatoms. The van der Waals surface area contributed by atoms with Gasteiger partial charge in [0.05, 0.1) is 29.7 Å². The molecular weight excluding hydrogens is 482 g/mol. The Kier molecular flexibility index (Phi) is 7.50. The van der Waals surface area contributed by atoms with E-state index in [4.69, 9.17) is 15.1 Å². The predicted molar refractivity (Wildman–Crippen MR) is 146 cm³/mol. The molecular formula is C28H33N7O3. The Morgan fingerprint density at radius 3 is 2.50 bits per heavy atom. The zero-order valence-electron chi connectivity index (χ0n) is 21.6. The van der Waals surface area contributed by atoms with Crippen LogP contribution >= 0.6 is 0 Å². The number of hydrogen-bond acceptors (Lipinski definition) is 8. The van der Waals surface area contributed by atoms with Crippen LogP contribution in [0.4, 0.5) is 11.8 Å². The van der Waals surface area contributed by atoms with E-state index in [1.54, 1.807) is 37.4 Å². The van der Waals surface area contributed by atoms with Crippen LogP contribution < -0.4 is 10.6 Å². The minimum atomic E-state index is -0.952. The van der Waals surface area contributed by atoms with Crippen LogP contribution in [0.1, 0.15) is 67.9 Å². The first-order chi connectivity index (χ1) is 18.4. The van der Waals surface area contributed by atoms with Gasteiger partial charge in [0, 0.05) is 24.3 Å². The van der Waals surface area contributed by atoms with Crippen molar-refractivity contribution in [1.29, 1.82) is 0 Å². The third kappa shape index (κ3) is 5.45. The Labute approximate surface area is 221 Å². The fourth-order valence-electron chi connectivity index (χ4n) is 4.95. The summed E-state index contributed by atoms with van der Waals surface area (Å²) in [4.78, 5) is 29.9. The molecule has 2 atom stereocenters. The summed E-state index contributed by atoms with van der Waals surface area (Å²) in [6, 6.07) is 10.8. The quantitative estimate of drug-likeness (QED) is 0.233. The first-order valence-corrected chi connectivity index (χ1v) is 13.1. The van der Waals surface area contributed by atoms with E-state index in [-0.39, 0.29) is 11.6 Å². The number of fused-ring (bicyclic) bond motifs is 1. The van der Waals surface area contributed by atoms with Gasteiger partial charge >= 0.3 is 5.97 Å². The highest BCUT2D eigenvalue weighted by atomic mass is 16.4. The van der Waals surface area contributed by atoms with E-state index in [0.29, 0.717) is 24.4 Å². The summed E-state index contributed by atoms with van der Waals surface area (Å²) >= 11 is 0. The number of carboxylic acid groups (broad SMARTS) is 1. The number of nitrogens with one attached hydrogen (secondary N) is 2. The van der Waals surface area contributed by atoms with Gasteiger partial charge in [0.15, 0.2) is 17.0 Å². The molecule has 38 heavy (non-hydrogen) atoms. The van der Waals surface area contributed by atoms with Crippen molar-refractivity contribution < 1.29 is 15.0 Å². The number of carboxylic acids is 1. The van der Waals surface area contributed by atoms with Crippen LogP contribution in [0.5, 0.6) is 0 Å². The maximum Gasteiger partial charge on any atom is 0.335 e. The standard InChI is InChI=1S/C28H33N7O3/c1-3-22(17(2)36)32-28-33-25(24-26(34-28)35(16-31-24)21-6-4-5-7-21)30-15-18-8-13-23(29-14-18)19-9-11-20(12-10-19)27(37)38/h8-14,16-17,21-22,36H,3-7,15H2,1-2H3,(H,37,38)(H2,30,32,33,34). The number of aromatic nitrogens is 5. The van der Waals surface area contributed by atoms with Crippen molar-refractivity contribution in [3.63, 3.8) is 0 Å². The molecule has 1 aliphatic carbocycles. The summed E-state index contributed by atoms with van der Waals surface area (Å²) in [5.41, 5.74) is 4.33. The second kappa shape index (κ2) is 11.1. The lowest BCUT2D eigenvalue weighted by atomic mass is 10.1. The highest BCUT2D eigenvalue weighted by Crippen LogP contribution is 2.33. The molecule has 2 unspecified atom stereocenters.